The minimum absolute atomic E-state index is 0.360. The minimum Gasteiger partial charge on any atom is -0.312 e. The smallest absolute Gasteiger partial charge is 0.110 e. The van der Waals surface area contributed by atoms with Gasteiger partial charge >= 0.3 is 0 Å². The van der Waals surface area contributed by atoms with Crippen molar-refractivity contribution in [3.8, 4) is 0 Å². The van der Waals surface area contributed by atoms with E-state index in [1.807, 2.05) is 18.4 Å². The zero-order valence-corrected chi connectivity index (χ0v) is 11.9. The highest BCUT2D eigenvalue weighted by Gasteiger charge is 2.25. The molecule has 4 heteroatoms. The summed E-state index contributed by atoms with van der Waals surface area (Å²) < 4.78 is 0. The third-order valence-corrected chi connectivity index (χ3v) is 4.69. The van der Waals surface area contributed by atoms with E-state index in [0.717, 1.165) is 6.54 Å². The molecule has 0 aliphatic carbocycles. The van der Waals surface area contributed by atoms with Crippen LogP contribution < -0.4 is 5.32 Å². The normalized spacial score (nSPS) is 23.8. The fourth-order valence-electron chi connectivity index (χ4n) is 2.45. The lowest BCUT2D eigenvalue weighted by Crippen LogP contribution is -2.33. The van der Waals surface area contributed by atoms with Crippen LogP contribution in [-0.4, -0.2) is 30.0 Å². The summed E-state index contributed by atoms with van der Waals surface area (Å²) >= 11 is 1.83. The average molecular weight is 253 g/mol. The second-order valence-electron chi connectivity index (χ2n) is 4.76. The molecule has 2 unspecified atom stereocenters. The predicted molar refractivity (Wildman–Crippen MR) is 73.4 cm³/mol. The number of aromatic nitrogens is 1. The highest BCUT2D eigenvalue weighted by Crippen LogP contribution is 2.33. The molecule has 2 rings (SSSR count). The molecule has 1 aromatic rings. The van der Waals surface area contributed by atoms with Crippen LogP contribution in [0, 0.1) is 0 Å². The number of nitrogens with zero attached hydrogens (tertiary/aromatic N) is 2. The Bertz CT molecular complexity index is 350. The maximum Gasteiger partial charge on any atom is 0.110 e. The number of piperidine rings is 1. The summed E-state index contributed by atoms with van der Waals surface area (Å²) in [5.41, 5.74) is 1.19. The Kier molecular flexibility index (Phi) is 4.54. The maximum absolute atomic E-state index is 4.82. The summed E-state index contributed by atoms with van der Waals surface area (Å²) in [5, 5.41) is 6.77. The Morgan fingerprint density at radius 1 is 1.59 bits per heavy atom. The van der Waals surface area contributed by atoms with Gasteiger partial charge in [0, 0.05) is 11.4 Å². The molecule has 1 aromatic heterocycles. The van der Waals surface area contributed by atoms with E-state index >= 15 is 0 Å². The zero-order chi connectivity index (χ0) is 12.3. The quantitative estimate of drug-likeness (QED) is 0.894. The van der Waals surface area contributed by atoms with E-state index in [-0.39, 0.29) is 0 Å². The Morgan fingerprint density at radius 2 is 2.41 bits per heavy atom. The summed E-state index contributed by atoms with van der Waals surface area (Å²) in [7, 11) is 1.99. The molecule has 1 aliphatic heterocycles. The first-order valence-corrected chi connectivity index (χ1v) is 7.50. The molecule has 0 bridgehead atoms. The van der Waals surface area contributed by atoms with Gasteiger partial charge in [-0.3, -0.25) is 4.90 Å². The molecular weight excluding hydrogens is 230 g/mol. The van der Waals surface area contributed by atoms with Gasteiger partial charge in [0.1, 0.15) is 5.01 Å². The van der Waals surface area contributed by atoms with Crippen LogP contribution in [0.5, 0.6) is 0 Å². The molecular formula is C13H23N3S. The summed E-state index contributed by atoms with van der Waals surface area (Å²) in [6.45, 7) is 6.79. The number of rotatable bonds is 4. The van der Waals surface area contributed by atoms with Crippen LogP contribution in [-0.2, 0) is 0 Å². The molecule has 0 aromatic carbocycles. The van der Waals surface area contributed by atoms with Crippen molar-refractivity contribution in [3.05, 3.63) is 16.1 Å². The average Bonchev–Trinajstić information content (AvgIpc) is 2.87. The Labute approximate surface area is 108 Å². The fraction of sp³-hybridized carbons (Fsp3) is 0.769. The second kappa shape index (κ2) is 5.94. The molecule has 0 radical (unpaired) electrons. The predicted octanol–water partition coefficient (Wildman–Crippen LogP) is 2.97. The number of likely N-dealkylation sites (tertiary alicyclic amines) is 1. The van der Waals surface area contributed by atoms with Gasteiger partial charge in [-0.1, -0.05) is 13.3 Å². The minimum atomic E-state index is 0.360. The summed E-state index contributed by atoms with van der Waals surface area (Å²) in [4.78, 5) is 7.38. The van der Waals surface area contributed by atoms with Crippen molar-refractivity contribution in [1.82, 2.24) is 15.2 Å². The molecule has 2 atom stereocenters. The molecule has 0 amide bonds. The molecule has 1 aliphatic rings. The van der Waals surface area contributed by atoms with Crippen molar-refractivity contribution in [2.24, 2.45) is 0 Å². The number of hydrogen-bond donors (Lipinski definition) is 1. The zero-order valence-electron chi connectivity index (χ0n) is 11.1. The van der Waals surface area contributed by atoms with Crippen LogP contribution in [0.15, 0.2) is 5.38 Å². The topological polar surface area (TPSA) is 28.2 Å². The number of hydrogen-bond acceptors (Lipinski definition) is 4. The van der Waals surface area contributed by atoms with Crippen LogP contribution in [0.2, 0.25) is 0 Å². The number of thiazole rings is 1. The molecule has 96 valence electrons. The summed E-state index contributed by atoms with van der Waals surface area (Å²) in [6, 6.07) is 0.926. The fourth-order valence-corrected chi connectivity index (χ4v) is 3.53. The monoisotopic (exact) mass is 253 g/mol. The molecule has 0 spiro atoms. The van der Waals surface area contributed by atoms with Gasteiger partial charge in [0.25, 0.3) is 0 Å². The van der Waals surface area contributed by atoms with Gasteiger partial charge in [-0.25, -0.2) is 4.98 Å². The van der Waals surface area contributed by atoms with Gasteiger partial charge in [-0.2, -0.15) is 0 Å². The molecule has 1 saturated heterocycles. The first-order chi connectivity index (χ1) is 8.26. The second-order valence-corrected chi connectivity index (χ2v) is 5.65. The Morgan fingerprint density at radius 3 is 3.12 bits per heavy atom. The van der Waals surface area contributed by atoms with Crippen molar-refractivity contribution in [2.75, 3.05) is 20.1 Å². The lowest BCUT2D eigenvalue weighted by atomic mass is 10.0. The van der Waals surface area contributed by atoms with Gasteiger partial charge in [-0.05, 0) is 39.9 Å². The lowest BCUT2D eigenvalue weighted by Gasteiger charge is -2.33. The van der Waals surface area contributed by atoms with Crippen molar-refractivity contribution >= 4 is 11.3 Å². The Hall–Kier alpha value is -0.450. The highest BCUT2D eigenvalue weighted by molar-refractivity contribution is 7.09. The SMILES string of the molecule is CCN1CCCCC1c1nc(C(C)NC)cs1. The van der Waals surface area contributed by atoms with Crippen LogP contribution in [0.4, 0.5) is 0 Å². The van der Waals surface area contributed by atoms with Crippen molar-refractivity contribution < 1.29 is 0 Å². The Balaban J connectivity index is 2.12. The van der Waals surface area contributed by atoms with Gasteiger partial charge in [0.05, 0.1) is 11.7 Å². The molecule has 3 nitrogen and oxygen atoms in total. The van der Waals surface area contributed by atoms with E-state index in [1.54, 1.807) is 0 Å². The molecule has 1 N–H and O–H groups in total. The molecule has 17 heavy (non-hydrogen) atoms. The maximum atomic E-state index is 4.82. The van der Waals surface area contributed by atoms with Gasteiger partial charge < -0.3 is 5.32 Å². The van der Waals surface area contributed by atoms with E-state index in [0.29, 0.717) is 12.1 Å². The molecule has 0 saturated carbocycles. The third-order valence-electron chi connectivity index (χ3n) is 3.72. The van der Waals surface area contributed by atoms with E-state index in [1.165, 1.54) is 36.5 Å². The third kappa shape index (κ3) is 2.87. The van der Waals surface area contributed by atoms with Gasteiger partial charge in [0.15, 0.2) is 0 Å². The van der Waals surface area contributed by atoms with Crippen LogP contribution in [0.3, 0.4) is 0 Å². The molecule has 1 fully saturated rings. The summed E-state index contributed by atoms with van der Waals surface area (Å²) in [6.07, 6.45) is 3.96. The van der Waals surface area contributed by atoms with Crippen molar-refractivity contribution in [1.29, 1.82) is 0 Å². The standard InChI is InChI=1S/C13H23N3S/c1-4-16-8-6-5-7-12(16)13-15-11(9-17-13)10(2)14-3/h9-10,12,14H,4-8H2,1-3H3. The van der Waals surface area contributed by atoms with E-state index < -0.39 is 0 Å². The van der Waals surface area contributed by atoms with Crippen LogP contribution in [0.1, 0.15) is 55.9 Å². The molecule has 2 heterocycles. The van der Waals surface area contributed by atoms with Gasteiger partial charge in [0.2, 0.25) is 0 Å². The van der Waals surface area contributed by atoms with Crippen molar-refractivity contribution in [2.45, 2.75) is 45.2 Å². The van der Waals surface area contributed by atoms with Crippen LogP contribution >= 0.6 is 11.3 Å². The lowest BCUT2D eigenvalue weighted by molar-refractivity contribution is 0.156. The van der Waals surface area contributed by atoms with Gasteiger partial charge in [-0.15, -0.1) is 11.3 Å². The van der Waals surface area contributed by atoms with Crippen molar-refractivity contribution in [3.63, 3.8) is 0 Å². The highest BCUT2D eigenvalue weighted by atomic mass is 32.1. The number of nitrogens with one attached hydrogen (secondary N) is 1. The van der Waals surface area contributed by atoms with E-state index in [2.05, 4.69) is 29.4 Å². The van der Waals surface area contributed by atoms with Crippen LogP contribution in [0.25, 0.3) is 0 Å². The van der Waals surface area contributed by atoms with E-state index in [9.17, 15) is 0 Å². The first-order valence-electron chi connectivity index (χ1n) is 6.63. The largest absolute Gasteiger partial charge is 0.312 e. The first kappa shape index (κ1) is 13.0. The summed E-state index contributed by atoms with van der Waals surface area (Å²) in [5.74, 6) is 0. The van der Waals surface area contributed by atoms with E-state index in [4.69, 9.17) is 4.98 Å².